The summed E-state index contributed by atoms with van der Waals surface area (Å²) in [6.45, 7) is 6.46. The molecule has 2 aromatic rings. The van der Waals surface area contributed by atoms with Crippen molar-refractivity contribution in [3.05, 3.63) is 41.2 Å². The Bertz CT molecular complexity index is 551. The predicted octanol–water partition coefficient (Wildman–Crippen LogP) is 2.08. The van der Waals surface area contributed by atoms with Gasteiger partial charge in [-0.1, -0.05) is 11.3 Å². The summed E-state index contributed by atoms with van der Waals surface area (Å²) >= 11 is 0. The van der Waals surface area contributed by atoms with E-state index in [1.54, 1.807) is 0 Å². The monoisotopic (exact) mass is 274 g/mol. The Balaban J connectivity index is 1.74. The summed E-state index contributed by atoms with van der Waals surface area (Å²) in [6, 6.07) is 6.19. The number of nitrogens with zero attached hydrogens (tertiary/aromatic N) is 3. The van der Waals surface area contributed by atoms with Crippen LogP contribution in [-0.2, 0) is 13.1 Å². The van der Waals surface area contributed by atoms with Crippen LogP contribution in [0.2, 0.25) is 0 Å². The van der Waals surface area contributed by atoms with Crippen molar-refractivity contribution in [1.29, 1.82) is 0 Å². The van der Waals surface area contributed by atoms with Crippen LogP contribution >= 0.6 is 0 Å². The fourth-order valence-electron chi connectivity index (χ4n) is 1.93. The van der Waals surface area contributed by atoms with Crippen LogP contribution in [0.3, 0.4) is 0 Å². The van der Waals surface area contributed by atoms with Gasteiger partial charge in [0.25, 0.3) is 0 Å². The molecular formula is C15H22N4O. The molecule has 0 radical (unpaired) electrons. The number of benzene rings is 1. The molecule has 0 aliphatic heterocycles. The topological polar surface area (TPSA) is 52.0 Å². The molecule has 5 nitrogen and oxygen atoms in total. The third kappa shape index (κ3) is 4.06. The second-order valence-electron chi connectivity index (χ2n) is 4.95. The smallest absolute Gasteiger partial charge is 0.119 e. The van der Waals surface area contributed by atoms with Gasteiger partial charge in [-0.2, -0.15) is 0 Å². The average molecular weight is 274 g/mol. The fourth-order valence-corrected chi connectivity index (χ4v) is 1.93. The Morgan fingerprint density at radius 1 is 1.25 bits per heavy atom. The van der Waals surface area contributed by atoms with Crippen molar-refractivity contribution in [2.45, 2.75) is 33.4 Å². The van der Waals surface area contributed by atoms with Gasteiger partial charge < -0.3 is 10.1 Å². The van der Waals surface area contributed by atoms with Crippen molar-refractivity contribution < 1.29 is 4.74 Å². The lowest BCUT2D eigenvalue weighted by Gasteiger charge is -2.08. The molecule has 1 N–H and O–H groups in total. The molecule has 0 aliphatic rings. The molecule has 0 amide bonds. The summed E-state index contributed by atoms with van der Waals surface area (Å²) in [4.78, 5) is 0. The maximum atomic E-state index is 5.74. The van der Waals surface area contributed by atoms with Crippen LogP contribution in [-0.4, -0.2) is 28.6 Å². The van der Waals surface area contributed by atoms with Crippen molar-refractivity contribution in [2.24, 2.45) is 0 Å². The lowest BCUT2D eigenvalue weighted by Crippen LogP contribution is -2.06. The minimum absolute atomic E-state index is 0.684. The van der Waals surface area contributed by atoms with E-state index in [-0.39, 0.29) is 0 Å². The van der Waals surface area contributed by atoms with E-state index >= 15 is 0 Å². The van der Waals surface area contributed by atoms with Crippen LogP contribution in [0.15, 0.2) is 24.4 Å². The van der Waals surface area contributed by atoms with E-state index < -0.39 is 0 Å². The summed E-state index contributed by atoms with van der Waals surface area (Å²) in [5.74, 6) is 0.933. The number of nitrogens with one attached hydrogen (secondary N) is 1. The Morgan fingerprint density at radius 3 is 2.85 bits per heavy atom. The first kappa shape index (κ1) is 14.5. The van der Waals surface area contributed by atoms with Crippen molar-refractivity contribution in [2.75, 3.05) is 13.7 Å². The molecule has 5 heteroatoms. The highest BCUT2D eigenvalue weighted by Crippen LogP contribution is 2.16. The summed E-state index contributed by atoms with van der Waals surface area (Å²) in [7, 11) is 1.90. The van der Waals surface area contributed by atoms with E-state index in [0.717, 1.165) is 31.0 Å². The van der Waals surface area contributed by atoms with Gasteiger partial charge in [0.05, 0.1) is 12.3 Å². The highest BCUT2D eigenvalue weighted by atomic mass is 16.5. The van der Waals surface area contributed by atoms with Gasteiger partial charge in [-0.15, -0.1) is 5.10 Å². The van der Waals surface area contributed by atoms with Crippen LogP contribution < -0.4 is 10.1 Å². The SMILES string of the molecule is CNCc1cn(CCCOc2ccc(C)c(C)c2)nn1. The van der Waals surface area contributed by atoms with Crippen LogP contribution in [0.5, 0.6) is 5.75 Å². The molecule has 20 heavy (non-hydrogen) atoms. The zero-order chi connectivity index (χ0) is 14.4. The Hall–Kier alpha value is -1.88. The number of rotatable bonds is 7. The molecule has 0 spiro atoms. The molecule has 108 valence electrons. The van der Waals surface area contributed by atoms with E-state index in [1.165, 1.54) is 11.1 Å². The predicted molar refractivity (Wildman–Crippen MR) is 78.8 cm³/mol. The first-order valence-corrected chi connectivity index (χ1v) is 6.92. The highest BCUT2D eigenvalue weighted by Gasteiger charge is 2.00. The van der Waals surface area contributed by atoms with Crippen LogP contribution in [0, 0.1) is 13.8 Å². The van der Waals surface area contributed by atoms with Gasteiger partial charge in [0.1, 0.15) is 5.75 Å². The van der Waals surface area contributed by atoms with Gasteiger partial charge in [0, 0.05) is 25.7 Å². The Kier molecular flexibility index (Phi) is 5.12. The number of hydrogen-bond donors (Lipinski definition) is 1. The quantitative estimate of drug-likeness (QED) is 0.785. The van der Waals surface area contributed by atoms with Crippen molar-refractivity contribution in [1.82, 2.24) is 20.3 Å². The molecule has 0 bridgehead atoms. The molecular weight excluding hydrogens is 252 g/mol. The summed E-state index contributed by atoms with van der Waals surface area (Å²) in [5, 5.41) is 11.2. The molecule has 0 unspecified atom stereocenters. The lowest BCUT2D eigenvalue weighted by molar-refractivity contribution is 0.297. The standard InChI is InChI=1S/C15H22N4O/c1-12-5-6-15(9-13(12)2)20-8-4-7-19-11-14(10-16-3)17-18-19/h5-6,9,11,16H,4,7-8,10H2,1-3H3. The van der Waals surface area contributed by atoms with E-state index in [9.17, 15) is 0 Å². The summed E-state index contributed by atoms with van der Waals surface area (Å²) in [6.07, 6.45) is 2.88. The maximum Gasteiger partial charge on any atom is 0.119 e. The van der Waals surface area contributed by atoms with Gasteiger partial charge in [-0.3, -0.25) is 4.68 Å². The second-order valence-corrected chi connectivity index (χ2v) is 4.95. The molecule has 0 saturated carbocycles. The molecule has 0 fully saturated rings. The van der Waals surface area contributed by atoms with E-state index in [4.69, 9.17) is 4.74 Å². The van der Waals surface area contributed by atoms with Gasteiger partial charge >= 0.3 is 0 Å². The van der Waals surface area contributed by atoms with Crippen LogP contribution in [0.1, 0.15) is 23.2 Å². The van der Waals surface area contributed by atoms with Crippen molar-refractivity contribution >= 4 is 0 Å². The third-order valence-electron chi connectivity index (χ3n) is 3.22. The molecule has 1 aromatic heterocycles. The van der Waals surface area contributed by atoms with Crippen molar-refractivity contribution in [3.8, 4) is 5.75 Å². The number of aromatic nitrogens is 3. The van der Waals surface area contributed by atoms with Crippen LogP contribution in [0.4, 0.5) is 0 Å². The van der Waals surface area contributed by atoms with Crippen LogP contribution in [0.25, 0.3) is 0 Å². The normalized spacial score (nSPS) is 10.8. The lowest BCUT2D eigenvalue weighted by atomic mass is 10.1. The Morgan fingerprint density at radius 2 is 2.10 bits per heavy atom. The zero-order valence-electron chi connectivity index (χ0n) is 12.4. The largest absolute Gasteiger partial charge is 0.494 e. The number of hydrogen-bond acceptors (Lipinski definition) is 4. The van der Waals surface area contributed by atoms with E-state index in [1.807, 2.05) is 24.0 Å². The highest BCUT2D eigenvalue weighted by molar-refractivity contribution is 5.33. The Labute approximate surface area is 120 Å². The average Bonchev–Trinajstić information content (AvgIpc) is 2.87. The molecule has 0 aliphatic carbocycles. The molecule has 1 aromatic carbocycles. The minimum Gasteiger partial charge on any atom is -0.494 e. The molecule has 2 rings (SSSR count). The molecule has 0 atom stereocenters. The van der Waals surface area contributed by atoms with Gasteiger partial charge in [0.15, 0.2) is 0 Å². The number of ether oxygens (including phenoxy) is 1. The third-order valence-corrected chi connectivity index (χ3v) is 3.22. The second kappa shape index (κ2) is 7.05. The summed E-state index contributed by atoms with van der Waals surface area (Å²) < 4.78 is 7.60. The first-order chi connectivity index (χ1) is 9.69. The van der Waals surface area contributed by atoms with E-state index in [0.29, 0.717) is 6.61 Å². The van der Waals surface area contributed by atoms with Gasteiger partial charge in [0.2, 0.25) is 0 Å². The fraction of sp³-hybridized carbons (Fsp3) is 0.467. The minimum atomic E-state index is 0.684. The summed E-state index contributed by atoms with van der Waals surface area (Å²) in [5.41, 5.74) is 3.51. The van der Waals surface area contributed by atoms with Gasteiger partial charge in [-0.25, -0.2) is 0 Å². The molecule has 1 heterocycles. The zero-order valence-corrected chi connectivity index (χ0v) is 12.4. The maximum absolute atomic E-state index is 5.74. The first-order valence-electron chi connectivity index (χ1n) is 6.92. The van der Waals surface area contributed by atoms with Crippen molar-refractivity contribution in [3.63, 3.8) is 0 Å². The number of aryl methyl sites for hydroxylation is 3. The van der Waals surface area contributed by atoms with E-state index in [2.05, 4.69) is 41.6 Å². The molecule has 0 saturated heterocycles. The van der Waals surface area contributed by atoms with Gasteiger partial charge in [-0.05, 0) is 44.2 Å².